The zero-order chi connectivity index (χ0) is 5.40. The topological polar surface area (TPSA) is 9.23 Å². The minimum atomic E-state index is 0.912. The van der Waals surface area contributed by atoms with Crippen LogP contribution in [0.2, 0.25) is 0 Å². The van der Waals surface area contributed by atoms with E-state index in [0.717, 1.165) is 25.2 Å². The summed E-state index contributed by atoms with van der Waals surface area (Å²) in [5.74, 6) is 1.14. The molecule has 0 bridgehead atoms. The lowest BCUT2D eigenvalue weighted by Gasteiger charge is -1.91. The minimum absolute atomic E-state index is 0.912. The van der Waals surface area contributed by atoms with Crippen molar-refractivity contribution in [3.05, 3.63) is 23.5 Å². The Morgan fingerprint density at radius 3 is 3.38 bits per heavy atom. The van der Waals surface area contributed by atoms with Crippen LogP contribution in [0.1, 0.15) is 12.8 Å². The molecule has 0 saturated carbocycles. The molecule has 8 heavy (non-hydrogen) atoms. The first-order chi connectivity index (χ1) is 3.97. The SMILES string of the molecule is C1=CC2=C(C1)CCO2. The van der Waals surface area contributed by atoms with Crippen LogP contribution in [0, 0.1) is 0 Å². The molecule has 0 aromatic rings. The van der Waals surface area contributed by atoms with Gasteiger partial charge in [0, 0.05) is 6.42 Å². The molecule has 0 N–H and O–H groups in total. The first kappa shape index (κ1) is 4.19. The lowest BCUT2D eigenvalue weighted by Crippen LogP contribution is -1.79. The predicted octanol–water partition coefficient (Wildman–Crippen LogP) is 1.62. The Bertz CT molecular complexity index is 165. The van der Waals surface area contributed by atoms with Gasteiger partial charge in [-0.15, -0.1) is 0 Å². The highest BCUT2D eigenvalue weighted by Crippen LogP contribution is 2.27. The molecule has 0 aromatic heterocycles. The van der Waals surface area contributed by atoms with Crippen molar-refractivity contribution in [3.8, 4) is 0 Å². The van der Waals surface area contributed by atoms with E-state index in [9.17, 15) is 0 Å². The van der Waals surface area contributed by atoms with Crippen molar-refractivity contribution >= 4 is 0 Å². The van der Waals surface area contributed by atoms with Gasteiger partial charge in [0.25, 0.3) is 0 Å². The fourth-order valence-corrected chi connectivity index (χ4v) is 1.19. The van der Waals surface area contributed by atoms with Crippen molar-refractivity contribution in [2.24, 2.45) is 0 Å². The van der Waals surface area contributed by atoms with Crippen LogP contribution in [0.15, 0.2) is 23.5 Å². The first-order valence-electron chi connectivity index (χ1n) is 2.98. The monoisotopic (exact) mass is 108 g/mol. The molecular formula is C7H8O. The van der Waals surface area contributed by atoms with Gasteiger partial charge in [-0.05, 0) is 18.1 Å². The van der Waals surface area contributed by atoms with Crippen molar-refractivity contribution in [3.63, 3.8) is 0 Å². The van der Waals surface area contributed by atoms with Crippen molar-refractivity contribution < 1.29 is 4.74 Å². The summed E-state index contributed by atoms with van der Waals surface area (Å²) in [5.41, 5.74) is 1.49. The molecule has 1 heteroatoms. The van der Waals surface area contributed by atoms with Crippen molar-refractivity contribution in [1.29, 1.82) is 0 Å². The van der Waals surface area contributed by atoms with Gasteiger partial charge < -0.3 is 4.74 Å². The van der Waals surface area contributed by atoms with E-state index in [1.54, 1.807) is 0 Å². The molecule has 0 saturated heterocycles. The molecule has 42 valence electrons. The van der Waals surface area contributed by atoms with Crippen molar-refractivity contribution in [2.45, 2.75) is 12.8 Å². The van der Waals surface area contributed by atoms with E-state index < -0.39 is 0 Å². The predicted molar refractivity (Wildman–Crippen MR) is 31.4 cm³/mol. The molecule has 1 heterocycles. The van der Waals surface area contributed by atoms with Crippen molar-refractivity contribution in [1.82, 2.24) is 0 Å². The van der Waals surface area contributed by atoms with Gasteiger partial charge in [0.1, 0.15) is 5.76 Å². The highest BCUT2D eigenvalue weighted by atomic mass is 16.5. The number of allylic oxidation sites excluding steroid dienone is 2. The van der Waals surface area contributed by atoms with Crippen LogP contribution in [-0.2, 0) is 4.74 Å². The molecule has 0 atom stereocenters. The van der Waals surface area contributed by atoms with Gasteiger partial charge in [0.05, 0.1) is 6.61 Å². The zero-order valence-electron chi connectivity index (χ0n) is 4.68. The quantitative estimate of drug-likeness (QED) is 0.458. The van der Waals surface area contributed by atoms with Crippen LogP contribution in [0.3, 0.4) is 0 Å². The number of hydrogen-bond acceptors (Lipinski definition) is 1. The van der Waals surface area contributed by atoms with Crippen LogP contribution in [0.4, 0.5) is 0 Å². The molecule has 1 aliphatic carbocycles. The van der Waals surface area contributed by atoms with Gasteiger partial charge in [-0.3, -0.25) is 0 Å². The van der Waals surface area contributed by atoms with Crippen molar-refractivity contribution in [2.75, 3.05) is 6.61 Å². The summed E-state index contributed by atoms with van der Waals surface area (Å²) < 4.78 is 5.27. The maximum atomic E-state index is 5.27. The summed E-state index contributed by atoms with van der Waals surface area (Å²) in [6, 6.07) is 0. The average Bonchev–Trinajstić information content (AvgIpc) is 2.15. The second-order valence-corrected chi connectivity index (χ2v) is 2.17. The number of hydrogen-bond donors (Lipinski definition) is 0. The summed E-state index contributed by atoms with van der Waals surface area (Å²) >= 11 is 0. The van der Waals surface area contributed by atoms with Crippen LogP contribution in [-0.4, -0.2) is 6.61 Å². The highest BCUT2D eigenvalue weighted by Gasteiger charge is 2.15. The molecule has 2 aliphatic rings. The maximum Gasteiger partial charge on any atom is 0.118 e. The number of rotatable bonds is 0. The highest BCUT2D eigenvalue weighted by molar-refractivity contribution is 5.31. The third-order valence-corrected chi connectivity index (χ3v) is 1.64. The minimum Gasteiger partial charge on any atom is -0.493 e. The van der Waals surface area contributed by atoms with E-state index in [4.69, 9.17) is 4.74 Å². The van der Waals surface area contributed by atoms with Gasteiger partial charge in [-0.25, -0.2) is 0 Å². The molecule has 1 nitrogen and oxygen atoms in total. The summed E-state index contributed by atoms with van der Waals surface area (Å²) in [6.45, 7) is 0.912. The van der Waals surface area contributed by atoms with Gasteiger partial charge >= 0.3 is 0 Å². The first-order valence-corrected chi connectivity index (χ1v) is 2.98. The van der Waals surface area contributed by atoms with Gasteiger partial charge in [0.15, 0.2) is 0 Å². The standard InChI is InChI=1S/C7H8O/c1-2-6-4-5-8-7(6)3-1/h1,3H,2,4-5H2. The normalized spacial score (nSPS) is 24.0. The summed E-state index contributed by atoms with van der Waals surface area (Å²) in [4.78, 5) is 0. The Morgan fingerprint density at radius 2 is 2.50 bits per heavy atom. The van der Waals surface area contributed by atoms with E-state index in [-0.39, 0.29) is 0 Å². The molecule has 1 aliphatic heterocycles. The third-order valence-electron chi connectivity index (χ3n) is 1.64. The van der Waals surface area contributed by atoms with Gasteiger partial charge in [-0.1, -0.05) is 6.08 Å². The largest absolute Gasteiger partial charge is 0.493 e. The number of ether oxygens (including phenoxy) is 1. The van der Waals surface area contributed by atoms with E-state index >= 15 is 0 Å². The lowest BCUT2D eigenvalue weighted by molar-refractivity contribution is 0.257. The Balaban J connectivity index is 2.33. The van der Waals surface area contributed by atoms with Gasteiger partial charge in [-0.2, -0.15) is 0 Å². The molecule has 0 amide bonds. The smallest absolute Gasteiger partial charge is 0.118 e. The average molecular weight is 108 g/mol. The molecule has 2 rings (SSSR count). The molecular weight excluding hydrogens is 100 g/mol. The van der Waals surface area contributed by atoms with E-state index in [1.807, 2.05) is 0 Å². The lowest BCUT2D eigenvalue weighted by atomic mass is 10.2. The summed E-state index contributed by atoms with van der Waals surface area (Å²) in [6.07, 6.45) is 6.52. The van der Waals surface area contributed by atoms with E-state index in [2.05, 4.69) is 12.2 Å². The Hall–Kier alpha value is -0.720. The maximum absolute atomic E-state index is 5.27. The van der Waals surface area contributed by atoms with E-state index in [0.29, 0.717) is 0 Å². The fourth-order valence-electron chi connectivity index (χ4n) is 1.19. The summed E-state index contributed by atoms with van der Waals surface area (Å²) in [7, 11) is 0. The Labute approximate surface area is 48.7 Å². The molecule has 0 radical (unpaired) electrons. The van der Waals surface area contributed by atoms with Crippen LogP contribution in [0.25, 0.3) is 0 Å². The Kier molecular flexibility index (Phi) is 0.720. The Morgan fingerprint density at radius 1 is 1.50 bits per heavy atom. The second kappa shape index (κ2) is 1.38. The van der Waals surface area contributed by atoms with Crippen LogP contribution in [0.5, 0.6) is 0 Å². The van der Waals surface area contributed by atoms with E-state index in [1.165, 1.54) is 5.57 Å². The zero-order valence-corrected chi connectivity index (χ0v) is 4.68. The second-order valence-electron chi connectivity index (χ2n) is 2.17. The van der Waals surface area contributed by atoms with Crippen LogP contribution >= 0.6 is 0 Å². The third kappa shape index (κ3) is 0.414. The molecule has 0 fully saturated rings. The summed E-state index contributed by atoms with van der Waals surface area (Å²) in [5, 5.41) is 0. The molecule has 0 aromatic carbocycles. The molecule has 0 unspecified atom stereocenters. The molecule has 0 spiro atoms. The van der Waals surface area contributed by atoms with Crippen LogP contribution < -0.4 is 0 Å². The van der Waals surface area contributed by atoms with Gasteiger partial charge in [0.2, 0.25) is 0 Å². The fraction of sp³-hybridized carbons (Fsp3) is 0.429.